The molecule has 2 aromatic heterocycles. The number of hydrogen-bond acceptors (Lipinski definition) is 5. The van der Waals surface area contributed by atoms with Gasteiger partial charge in [-0.3, -0.25) is 9.78 Å². The number of aromatic nitrogens is 2. The van der Waals surface area contributed by atoms with Gasteiger partial charge in [0.1, 0.15) is 5.01 Å². The lowest BCUT2D eigenvalue weighted by atomic mass is 10.1. The zero-order valence-corrected chi connectivity index (χ0v) is 12.9. The number of rotatable bonds is 6. The van der Waals surface area contributed by atoms with Crippen LogP contribution in [0.2, 0.25) is 0 Å². The predicted octanol–water partition coefficient (Wildman–Crippen LogP) is 1.88. The molecule has 21 heavy (non-hydrogen) atoms. The molecule has 1 amide bonds. The van der Waals surface area contributed by atoms with Crippen LogP contribution >= 0.6 is 11.3 Å². The molecule has 2 unspecified atom stereocenters. The maximum Gasteiger partial charge on any atom is 0.226 e. The SMILES string of the molecule is CC(CO)C(C)NC(=O)Cc1csc(-c2ccccn2)n1. The van der Waals surface area contributed by atoms with Crippen LogP contribution < -0.4 is 5.32 Å². The highest BCUT2D eigenvalue weighted by Crippen LogP contribution is 2.21. The van der Waals surface area contributed by atoms with Gasteiger partial charge in [0.05, 0.1) is 17.8 Å². The largest absolute Gasteiger partial charge is 0.396 e. The first-order valence-electron chi connectivity index (χ1n) is 6.86. The molecule has 0 aliphatic heterocycles. The van der Waals surface area contributed by atoms with Crippen LogP contribution in [0.15, 0.2) is 29.8 Å². The number of carbonyl (C=O) groups excluding carboxylic acids is 1. The average molecular weight is 305 g/mol. The van der Waals surface area contributed by atoms with Crippen molar-refractivity contribution in [2.75, 3.05) is 6.61 Å². The molecule has 6 heteroatoms. The number of carbonyl (C=O) groups is 1. The van der Waals surface area contributed by atoms with Gasteiger partial charge in [0, 0.05) is 24.2 Å². The molecule has 0 aliphatic carbocycles. The molecular formula is C15H19N3O2S. The van der Waals surface area contributed by atoms with E-state index in [4.69, 9.17) is 5.11 Å². The summed E-state index contributed by atoms with van der Waals surface area (Å²) >= 11 is 1.48. The van der Waals surface area contributed by atoms with Crippen LogP contribution in [0.3, 0.4) is 0 Å². The summed E-state index contributed by atoms with van der Waals surface area (Å²) < 4.78 is 0. The first-order chi connectivity index (χ1) is 10.1. The van der Waals surface area contributed by atoms with E-state index in [1.165, 1.54) is 11.3 Å². The van der Waals surface area contributed by atoms with Crippen molar-refractivity contribution in [3.05, 3.63) is 35.5 Å². The van der Waals surface area contributed by atoms with Crippen LogP contribution in [0.4, 0.5) is 0 Å². The van der Waals surface area contributed by atoms with Crippen LogP contribution in [0.5, 0.6) is 0 Å². The molecule has 0 aliphatic rings. The molecule has 2 heterocycles. The molecule has 2 rings (SSSR count). The number of nitrogens with zero attached hydrogens (tertiary/aromatic N) is 2. The van der Waals surface area contributed by atoms with Gasteiger partial charge in [0.25, 0.3) is 0 Å². The average Bonchev–Trinajstić information content (AvgIpc) is 2.95. The second-order valence-electron chi connectivity index (χ2n) is 5.05. The number of aliphatic hydroxyl groups excluding tert-OH is 1. The van der Waals surface area contributed by atoms with E-state index in [1.807, 2.05) is 37.4 Å². The van der Waals surface area contributed by atoms with Gasteiger partial charge in [-0.25, -0.2) is 4.98 Å². The zero-order chi connectivity index (χ0) is 15.2. The first-order valence-corrected chi connectivity index (χ1v) is 7.74. The van der Waals surface area contributed by atoms with Gasteiger partial charge >= 0.3 is 0 Å². The van der Waals surface area contributed by atoms with Crippen molar-refractivity contribution < 1.29 is 9.90 Å². The van der Waals surface area contributed by atoms with E-state index < -0.39 is 0 Å². The van der Waals surface area contributed by atoms with Crippen molar-refractivity contribution in [3.63, 3.8) is 0 Å². The van der Waals surface area contributed by atoms with E-state index in [0.717, 1.165) is 16.4 Å². The summed E-state index contributed by atoms with van der Waals surface area (Å²) in [6, 6.07) is 5.60. The minimum atomic E-state index is -0.0827. The Morgan fingerprint density at radius 3 is 2.90 bits per heavy atom. The summed E-state index contributed by atoms with van der Waals surface area (Å²) in [5.41, 5.74) is 1.55. The summed E-state index contributed by atoms with van der Waals surface area (Å²) in [6.45, 7) is 3.84. The van der Waals surface area contributed by atoms with E-state index >= 15 is 0 Å². The van der Waals surface area contributed by atoms with Gasteiger partial charge in [-0.15, -0.1) is 11.3 Å². The molecule has 0 saturated heterocycles. The topological polar surface area (TPSA) is 75.1 Å². The van der Waals surface area contributed by atoms with Crippen molar-refractivity contribution in [1.29, 1.82) is 0 Å². The number of pyridine rings is 1. The Balaban J connectivity index is 1.95. The number of amides is 1. The van der Waals surface area contributed by atoms with Gasteiger partial charge < -0.3 is 10.4 Å². The lowest BCUT2D eigenvalue weighted by Crippen LogP contribution is -2.39. The number of thiazole rings is 1. The van der Waals surface area contributed by atoms with Crippen molar-refractivity contribution in [3.8, 4) is 10.7 Å². The molecule has 0 spiro atoms. The predicted molar refractivity (Wildman–Crippen MR) is 82.9 cm³/mol. The summed E-state index contributed by atoms with van der Waals surface area (Å²) in [6.07, 6.45) is 1.97. The summed E-state index contributed by atoms with van der Waals surface area (Å²) in [4.78, 5) is 20.6. The maximum atomic E-state index is 11.9. The summed E-state index contributed by atoms with van der Waals surface area (Å²) in [7, 11) is 0. The van der Waals surface area contributed by atoms with E-state index in [1.54, 1.807) is 6.20 Å². The van der Waals surface area contributed by atoms with Gasteiger partial charge in [0.2, 0.25) is 5.91 Å². The quantitative estimate of drug-likeness (QED) is 0.854. The van der Waals surface area contributed by atoms with Crippen molar-refractivity contribution >= 4 is 17.2 Å². The number of hydrogen-bond donors (Lipinski definition) is 2. The standard InChI is InChI=1S/C15H19N3O2S/c1-10(8-19)11(2)17-14(20)7-12-9-21-15(18-12)13-5-3-4-6-16-13/h3-6,9-11,19H,7-8H2,1-2H3,(H,17,20). The highest BCUT2D eigenvalue weighted by atomic mass is 32.1. The number of nitrogens with one attached hydrogen (secondary N) is 1. The fourth-order valence-electron chi connectivity index (χ4n) is 1.76. The van der Waals surface area contributed by atoms with E-state index in [0.29, 0.717) is 0 Å². The fourth-order valence-corrected chi connectivity index (χ4v) is 2.56. The monoisotopic (exact) mass is 305 g/mol. The third-order valence-electron chi connectivity index (χ3n) is 3.31. The van der Waals surface area contributed by atoms with Gasteiger partial charge in [-0.05, 0) is 25.0 Å². The van der Waals surface area contributed by atoms with Crippen LogP contribution in [0.1, 0.15) is 19.5 Å². The van der Waals surface area contributed by atoms with Crippen LogP contribution in [-0.2, 0) is 11.2 Å². The first kappa shape index (κ1) is 15.6. The second kappa shape index (κ2) is 7.28. The molecular weight excluding hydrogens is 286 g/mol. The normalized spacial score (nSPS) is 13.7. The van der Waals surface area contributed by atoms with Gasteiger partial charge in [-0.1, -0.05) is 13.0 Å². The zero-order valence-electron chi connectivity index (χ0n) is 12.1. The highest BCUT2D eigenvalue weighted by Gasteiger charge is 2.15. The third-order valence-corrected chi connectivity index (χ3v) is 4.22. The Morgan fingerprint density at radius 1 is 1.43 bits per heavy atom. The smallest absolute Gasteiger partial charge is 0.226 e. The van der Waals surface area contributed by atoms with Gasteiger partial charge in [0.15, 0.2) is 0 Å². The lowest BCUT2D eigenvalue weighted by molar-refractivity contribution is -0.121. The minimum absolute atomic E-state index is 0.0356. The Labute approximate surface area is 128 Å². The Hall–Kier alpha value is -1.79. The van der Waals surface area contributed by atoms with Crippen molar-refractivity contribution in [2.24, 2.45) is 5.92 Å². The Morgan fingerprint density at radius 2 is 2.24 bits per heavy atom. The Kier molecular flexibility index (Phi) is 5.41. The molecule has 5 nitrogen and oxygen atoms in total. The van der Waals surface area contributed by atoms with E-state index in [9.17, 15) is 4.79 Å². The molecule has 0 saturated carbocycles. The molecule has 2 aromatic rings. The van der Waals surface area contributed by atoms with Gasteiger partial charge in [-0.2, -0.15) is 0 Å². The molecule has 0 bridgehead atoms. The summed E-state index contributed by atoms with van der Waals surface area (Å²) in [5.74, 6) is -0.0471. The number of aliphatic hydroxyl groups is 1. The van der Waals surface area contributed by atoms with Crippen molar-refractivity contribution in [1.82, 2.24) is 15.3 Å². The Bertz CT molecular complexity index is 586. The molecule has 112 valence electrons. The highest BCUT2D eigenvalue weighted by molar-refractivity contribution is 7.13. The molecule has 0 radical (unpaired) electrons. The van der Waals surface area contributed by atoms with E-state index in [-0.39, 0.29) is 30.9 Å². The lowest BCUT2D eigenvalue weighted by Gasteiger charge is -2.18. The third kappa shape index (κ3) is 4.34. The van der Waals surface area contributed by atoms with Crippen LogP contribution in [0.25, 0.3) is 10.7 Å². The van der Waals surface area contributed by atoms with Crippen molar-refractivity contribution in [2.45, 2.75) is 26.3 Å². The second-order valence-corrected chi connectivity index (χ2v) is 5.91. The minimum Gasteiger partial charge on any atom is -0.396 e. The van der Waals surface area contributed by atoms with E-state index in [2.05, 4.69) is 15.3 Å². The molecule has 2 N–H and O–H groups in total. The van der Waals surface area contributed by atoms with Crippen LogP contribution in [0, 0.1) is 5.92 Å². The maximum absolute atomic E-state index is 11.9. The molecule has 0 aromatic carbocycles. The molecule has 0 fully saturated rings. The van der Waals surface area contributed by atoms with Crippen LogP contribution in [-0.4, -0.2) is 33.6 Å². The fraction of sp³-hybridized carbons (Fsp3) is 0.400. The summed E-state index contributed by atoms with van der Waals surface area (Å²) in [5, 5.41) is 14.6. The molecule has 2 atom stereocenters.